The quantitative estimate of drug-likeness (QED) is 0.547. The molecule has 0 bridgehead atoms. The number of nitrogens with two attached hydrogens (primary N) is 1. The number of aliphatic hydroxyl groups excluding tert-OH is 1. The topological polar surface area (TPSA) is 46.2 Å². The Hall–Kier alpha value is -1.28. The van der Waals surface area contributed by atoms with E-state index in [2.05, 4.69) is 18.7 Å². The van der Waals surface area contributed by atoms with Crippen molar-refractivity contribution in [1.82, 2.24) is 0 Å². The third kappa shape index (κ3) is 4.99. The minimum Gasteiger partial charge on any atom is -0.513 e. The van der Waals surface area contributed by atoms with E-state index in [0.717, 1.165) is 24.9 Å². The highest BCUT2D eigenvalue weighted by molar-refractivity contribution is 5.25. The van der Waals surface area contributed by atoms with Crippen LogP contribution in [0.2, 0.25) is 0 Å². The molecule has 0 aliphatic rings. The van der Waals surface area contributed by atoms with Crippen molar-refractivity contribution >= 4 is 0 Å². The largest absolute Gasteiger partial charge is 0.513 e. The monoisotopic (exact) mass is 219 g/mol. The van der Waals surface area contributed by atoms with E-state index in [-0.39, 0.29) is 5.76 Å². The third-order valence-electron chi connectivity index (χ3n) is 2.57. The first-order valence-corrected chi connectivity index (χ1v) is 5.87. The highest BCUT2D eigenvalue weighted by Crippen LogP contribution is 2.11. The van der Waals surface area contributed by atoms with Crippen LogP contribution in [0.25, 0.3) is 0 Å². The van der Waals surface area contributed by atoms with Gasteiger partial charge in [-0.3, -0.25) is 0 Å². The molecule has 0 unspecified atom stereocenters. The summed E-state index contributed by atoms with van der Waals surface area (Å²) in [6.45, 7) is 4.29. The molecule has 0 saturated carbocycles. The van der Waals surface area contributed by atoms with E-state index in [1.165, 1.54) is 18.4 Å². The van der Waals surface area contributed by atoms with Gasteiger partial charge in [0.05, 0.1) is 5.76 Å². The predicted molar refractivity (Wildman–Crippen MR) is 68.5 cm³/mol. The Bertz CT molecular complexity index is 333. The standard InChI is InChI=1S/C14H21NO/c1-12(16)10-14-8-5-7-13(11-14)6-3-2-4-9-15/h5,7-8,11,16H,1-4,6,9-10,15H2. The van der Waals surface area contributed by atoms with Crippen molar-refractivity contribution in [3.05, 3.63) is 47.7 Å². The fraction of sp³-hybridized carbons (Fsp3) is 0.429. The smallest absolute Gasteiger partial charge is 0.0894 e. The summed E-state index contributed by atoms with van der Waals surface area (Å²) < 4.78 is 0. The first-order valence-electron chi connectivity index (χ1n) is 5.87. The Morgan fingerprint density at radius 1 is 1.19 bits per heavy atom. The Morgan fingerprint density at radius 2 is 1.94 bits per heavy atom. The number of aryl methyl sites for hydroxylation is 1. The van der Waals surface area contributed by atoms with Gasteiger partial charge in [0.1, 0.15) is 0 Å². The van der Waals surface area contributed by atoms with Crippen molar-refractivity contribution < 1.29 is 5.11 Å². The maximum Gasteiger partial charge on any atom is 0.0894 e. The molecule has 0 aliphatic heterocycles. The number of benzene rings is 1. The molecule has 16 heavy (non-hydrogen) atoms. The summed E-state index contributed by atoms with van der Waals surface area (Å²) in [5, 5.41) is 9.13. The minimum absolute atomic E-state index is 0.222. The van der Waals surface area contributed by atoms with E-state index in [9.17, 15) is 0 Å². The van der Waals surface area contributed by atoms with Gasteiger partial charge in [-0.05, 0) is 36.9 Å². The first kappa shape index (κ1) is 12.8. The van der Waals surface area contributed by atoms with Gasteiger partial charge < -0.3 is 10.8 Å². The molecular weight excluding hydrogens is 198 g/mol. The van der Waals surface area contributed by atoms with Crippen molar-refractivity contribution in [2.45, 2.75) is 32.1 Å². The molecular formula is C14H21NO. The van der Waals surface area contributed by atoms with E-state index in [1.807, 2.05) is 12.1 Å². The summed E-state index contributed by atoms with van der Waals surface area (Å²) >= 11 is 0. The van der Waals surface area contributed by atoms with Crippen LogP contribution in [-0.2, 0) is 12.8 Å². The van der Waals surface area contributed by atoms with Crippen LogP contribution in [0.5, 0.6) is 0 Å². The number of hydrogen-bond donors (Lipinski definition) is 2. The van der Waals surface area contributed by atoms with Crippen LogP contribution in [0.3, 0.4) is 0 Å². The van der Waals surface area contributed by atoms with E-state index in [0.29, 0.717) is 6.42 Å². The number of hydrogen-bond acceptors (Lipinski definition) is 2. The van der Waals surface area contributed by atoms with Gasteiger partial charge >= 0.3 is 0 Å². The minimum atomic E-state index is 0.222. The molecule has 0 radical (unpaired) electrons. The molecule has 0 spiro atoms. The molecule has 1 rings (SSSR count). The summed E-state index contributed by atoms with van der Waals surface area (Å²) in [5.41, 5.74) is 7.91. The second kappa shape index (κ2) is 7.07. The Balaban J connectivity index is 2.44. The van der Waals surface area contributed by atoms with E-state index < -0.39 is 0 Å². The second-order valence-electron chi connectivity index (χ2n) is 4.16. The highest BCUT2D eigenvalue weighted by Gasteiger charge is 1.98. The van der Waals surface area contributed by atoms with Gasteiger partial charge in [-0.15, -0.1) is 0 Å². The molecule has 1 aromatic carbocycles. The van der Waals surface area contributed by atoms with Crippen LogP contribution in [0.15, 0.2) is 36.6 Å². The van der Waals surface area contributed by atoms with Gasteiger partial charge in [-0.2, -0.15) is 0 Å². The Morgan fingerprint density at radius 3 is 2.62 bits per heavy atom. The molecule has 3 N–H and O–H groups in total. The maximum atomic E-state index is 9.13. The van der Waals surface area contributed by atoms with E-state index in [4.69, 9.17) is 10.8 Å². The Labute approximate surface area is 97.8 Å². The Kier molecular flexibility index (Phi) is 5.65. The van der Waals surface area contributed by atoms with Crippen LogP contribution in [0.4, 0.5) is 0 Å². The molecule has 0 aromatic heterocycles. The third-order valence-corrected chi connectivity index (χ3v) is 2.57. The lowest BCUT2D eigenvalue weighted by Crippen LogP contribution is -1.98. The lowest BCUT2D eigenvalue weighted by Gasteiger charge is -2.04. The fourth-order valence-corrected chi connectivity index (χ4v) is 1.78. The molecule has 0 aliphatic carbocycles. The van der Waals surface area contributed by atoms with Crippen LogP contribution >= 0.6 is 0 Å². The van der Waals surface area contributed by atoms with Crippen molar-refractivity contribution in [3.8, 4) is 0 Å². The summed E-state index contributed by atoms with van der Waals surface area (Å²) in [7, 11) is 0. The molecule has 2 heteroatoms. The molecule has 2 nitrogen and oxygen atoms in total. The zero-order valence-corrected chi connectivity index (χ0v) is 9.78. The molecule has 0 saturated heterocycles. The lowest BCUT2D eigenvalue weighted by atomic mass is 10.0. The molecule has 88 valence electrons. The van der Waals surface area contributed by atoms with Gasteiger partial charge in [-0.25, -0.2) is 0 Å². The zero-order valence-electron chi connectivity index (χ0n) is 9.78. The van der Waals surface area contributed by atoms with Crippen molar-refractivity contribution in [2.75, 3.05) is 6.54 Å². The number of allylic oxidation sites excluding steroid dienone is 1. The second-order valence-corrected chi connectivity index (χ2v) is 4.16. The van der Waals surface area contributed by atoms with Gasteiger partial charge in [0, 0.05) is 6.42 Å². The average molecular weight is 219 g/mol. The number of aliphatic hydroxyl groups is 1. The van der Waals surface area contributed by atoms with Gasteiger partial charge in [0.2, 0.25) is 0 Å². The fourth-order valence-electron chi connectivity index (χ4n) is 1.78. The van der Waals surface area contributed by atoms with Crippen LogP contribution in [0.1, 0.15) is 30.4 Å². The predicted octanol–water partition coefficient (Wildman–Crippen LogP) is 2.97. The van der Waals surface area contributed by atoms with Gasteiger partial charge in [-0.1, -0.05) is 37.3 Å². The van der Waals surface area contributed by atoms with Crippen LogP contribution < -0.4 is 5.73 Å². The van der Waals surface area contributed by atoms with E-state index in [1.54, 1.807) is 0 Å². The lowest BCUT2D eigenvalue weighted by molar-refractivity contribution is 0.401. The number of rotatable bonds is 7. The average Bonchev–Trinajstić information content (AvgIpc) is 2.24. The summed E-state index contributed by atoms with van der Waals surface area (Å²) in [5.74, 6) is 0.222. The summed E-state index contributed by atoms with van der Waals surface area (Å²) in [4.78, 5) is 0. The maximum absolute atomic E-state index is 9.13. The van der Waals surface area contributed by atoms with Gasteiger partial charge in [0.25, 0.3) is 0 Å². The number of unbranched alkanes of at least 4 members (excludes halogenated alkanes) is 2. The van der Waals surface area contributed by atoms with Crippen molar-refractivity contribution in [1.29, 1.82) is 0 Å². The van der Waals surface area contributed by atoms with Gasteiger partial charge in [0.15, 0.2) is 0 Å². The first-order chi connectivity index (χ1) is 7.72. The summed E-state index contributed by atoms with van der Waals surface area (Å²) in [6, 6.07) is 8.33. The molecule has 0 fully saturated rings. The SMILES string of the molecule is C=C(O)Cc1cccc(CCCCCN)c1. The molecule has 0 heterocycles. The molecule has 0 amide bonds. The zero-order chi connectivity index (χ0) is 11.8. The molecule has 1 aromatic rings. The normalized spacial score (nSPS) is 10.3. The van der Waals surface area contributed by atoms with Crippen molar-refractivity contribution in [3.63, 3.8) is 0 Å². The molecule has 0 atom stereocenters. The van der Waals surface area contributed by atoms with E-state index >= 15 is 0 Å². The summed E-state index contributed by atoms with van der Waals surface area (Å²) in [6.07, 6.45) is 5.11. The van der Waals surface area contributed by atoms with Crippen molar-refractivity contribution in [2.24, 2.45) is 5.73 Å². The van der Waals surface area contributed by atoms with Crippen LogP contribution in [0, 0.1) is 0 Å². The highest BCUT2D eigenvalue weighted by atomic mass is 16.3. The van der Waals surface area contributed by atoms with Crippen LogP contribution in [-0.4, -0.2) is 11.7 Å².